The average Bonchev–Trinajstić information content (AvgIpc) is 2.70. The number of nitro benzene ring substituents is 1. The van der Waals surface area contributed by atoms with Gasteiger partial charge in [-0.15, -0.1) is 0 Å². The van der Waals surface area contributed by atoms with Crippen LogP contribution in [0.3, 0.4) is 0 Å². The second-order valence-electron chi connectivity index (χ2n) is 4.56. The molecule has 102 valence electrons. The second kappa shape index (κ2) is 5.16. The number of rotatable bonds is 3. The molecule has 1 fully saturated rings. The molecule has 2 rings (SSSR count). The fourth-order valence-electron chi connectivity index (χ4n) is 2.49. The van der Waals surface area contributed by atoms with Crippen LogP contribution in [-0.4, -0.2) is 28.6 Å². The summed E-state index contributed by atoms with van der Waals surface area (Å²) in [4.78, 5) is 23.5. The molecule has 0 amide bonds. The molecule has 1 N–H and O–H groups in total. The fourth-order valence-corrected chi connectivity index (χ4v) is 2.84. The molecule has 2 atom stereocenters. The normalized spacial score (nSPS) is 22.5. The Hall–Kier alpha value is -1.63. The Morgan fingerprint density at radius 2 is 2.26 bits per heavy atom. The number of carboxylic acids is 1. The molecule has 2 unspecified atom stereocenters. The van der Waals surface area contributed by atoms with Crippen LogP contribution in [0.15, 0.2) is 22.7 Å². The zero-order chi connectivity index (χ0) is 14.2. The Morgan fingerprint density at radius 3 is 2.79 bits per heavy atom. The van der Waals surface area contributed by atoms with Crippen LogP contribution in [-0.2, 0) is 4.79 Å². The maximum Gasteiger partial charge on any atom is 0.308 e. The van der Waals surface area contributed by atoms with Crippen LogP contribution in [0.25, 0.3) is 0 Å². The Bertz CT molecular complexity index is 534. The summed E-state index contributed by atoms with van der Waals surface area (Å²) in [5.41, 5.74) is 0.469. The van der Waals surface area contributed by atoms with Gasteiger partial charge in [0.2, 0.25) is 0 Å². The van der Waals surface area contributed by atoms with Crippen LogP contribution < -0.4 is 4.90 Å². The summed E-state index contributed by atoms with van der Waals surface area (Å²) in [6, 6.07) is 4.45. The quantitative estimate of drug-likeness (QED) is 0.681. The molecule has 0 aromatic heterocycles. The lowest BCUT2D eigenvalue weighted by molar-refractivity contribution is -0.384. The number of anilines is 1. The summed E-state index contributed by atoms with van der Waals surface area (Å²) in [6.07, 6.45) is 0.500. The highest BCUT2D eigenvalue weighted by atomic mass is 79.9. The number of hydrogen-bond donors (Lipinski definition) is 1. The van der Waals surface area contributed by atoms with Gasteiger partial charge in [0, 0.05) is 23.1 Å². The highest BCUT2D eigenvalue weighted by Crippen LogP contribution is 2.37. The maximum absolute atomic E-state index is 11.1. The molecule has 1 saturated heterocycles. The van der Waals surface area contributed by atoms with Gasteiger partial charge < -0.3 is 10.0 Å². The lowest BCUT2D eigenvalue weighted by Gasteiger charge is -2.25. The third-order valence-electron chi connectivity index (χ3n) is 3.52. The first-order valence-corrected chi connectivity index (χ1v) is 6.64. The molecule has 1 aliphatic rings. The van der Waals surface area contributed by atoms with Crippen molar-refractivity contribution in [3.8, 4) is 0 Å². The van der Waals surface area contributed by atoms with E-state index in [2.05, 4.69) is 15.9 Å². The minimum Gasteiger partial charge on any atom is -0.481 e. The third-order valence-corrected chi connectivity index (χ3v) is 4.01. The molecule has 1 aromatic rings. The number of hydrogen-bond acceptors (Lipinski definition) is 4. The van der Waals surface area contributed by atoms with Gasteiger partial charge in [-0.1, -0.05) is 15.9 Å². The monoisotopic (exact) mass is 328 g/mol. The summed E-state index contributed by atoms with van der Waals surface area (Å²) in [5, 5.41) is 20.2. The van der Waals surface area contributed by atoms with Gasteiger partial charge in [0.25, 0.3) is 5.69 Å². The topological polar surface area (TPSA) is 83.7 Å². The third kappa shape index (κ3) is 2.56. The first-order valence-electron chi connectivity index (χ1n) is 5.85. The molecule has 0 bridgehead atoms. The van der Waals surface area contributed by atoms with Gasteiger partial charge in [0.1, 0.15) is 5.69 Å². The van der Waals surface area contributed by atoms with Crippen molar-refractivity contribution in [1.29, 1.82) is 0 Å². The number of benzene rings is 1. The van der Waals surface area contributed by atoms with Crippen molar-refractivity contribution in [3.05, 3.63) is 32.8 Å². The van der Waals surface area contributed by atoms with Gasteiger partial charge in [-0.3, -0.25) is 14.9 Å². The minimum atomic E-state index is -0.854. The Morgan fingerprint density at radius 1 is 1.58 bits per heavy atom. The molecule has 6 nitrogen and oxygen atoms in total. The van der Waals surface area contributed by atoms with Crippen molar-refractivity contribution in [2.75, 3.05) is 11.4 Å². The molecule has 0 aliphatic carbocycles. The van der Waals surface area contributed by atoms with Gasteiger partial charge in [-0.2, -0.15) is 0 Å². The molecule has 1 aromatic carbocycles. The number of halogens is 1. The SMILES string of the molecule is CC1C(C(=O)O)CCN1c1cc(Br)ccc1[N+](=O)[O-]. The number of nitrogens with zero attached hydrogens (tertiary/aromatic N) is 2. The molecule has 0 radical (unpaired) electrons. The van der Waals surface area contributed by atoms with Gasteiger partial charge >= 0.3 is 5.97 Å². The van der Waals surface area contributed by atoms with Gasteiger partial charge in [-0.05, 0) is 25.5 Å². The van der Waals surface area contributed by atoms with Crippen molar-refractivity contribution < 1.29 is 14.8 Å². The highest BCUT2D eigenvalue weighted by Gasteiger charge is 2.38. The van der Waals surface area contributed by atoms with Crippen LogP contribution in [0.4, 0.5) is 11.4 Å². The first kappa shape index (κ1) is 13.8. The van der Waals surface area contributed by atoms with E-state index in [0.717, 1.165) is 4.47 Å². The van der Waals surface area contributed by atoms with Crippen LogP contribution >= 0.6 is 15.9 Å². The molecule has 0 spiro atoms. The maximum atomic E-state index is 11.1. The van der Waals surface area contributed by atoms with Crippen LogP contribution in [0, 0.1) is 16.0 Å². The summed E-state index contributed by atoms with van der Waals surface area (Å²) >= 11 is 3.29. The summed E-state index contributed by atoms with van der Waals surface area (Å²) in [7, 11) is 0. The fraction of sp³-hybridized carbons (Fsp3) is 0.417. The Balaban J connectivity index is 2.40. The van der Waals surface area contributed by atoms with E-state index in [-0.39, 0.29) is 11.7 Å². The smallest absolute Gasteiger partial charge is 0.308 e. The van der Waals surface area contributed by atoms with E-state index in [1.807, 2.05) is 0 Å². The van der Waals surface area contributed by atoms with E-state index in [1.54, 1.807) is 24.0 Å². The molecular formula is C12H13BrN2O4. The summed E-state index contributed by atoms with van der Waals surface area (Å²) in [6.45, 7) is 2.30. The van der Waals surface area contributed by atoms with Crippen molar-refractivity contribution >= 4 is 33.3 Å². The zero-order valence-electron chi connectivity index (χ0n) is 10.2. The number of nitro groups is 1. The molecule has 7 heteroatoms. The largest absolute Gasteiger partial charge is 0.481 e. The van der Waals surface area contributed by atoms with Crippen molar-refractivity contribution in [2.24, 2.45) is 5.92 Å². The molecule has 0 saturated carbocycles. The predicted molar refractivity (Wildman–Crippen MR) is 73.3 cm³/mol. The van der Waals surface area contributed by atoms with E-state index in [9.17, 15) is 14.9 Å². The second-order valence-corrected chi connectivity index (χ2v) is 5.47. The van der Waals surface area contributed by atoms with Crippen molar-refractivity contribution in [2.45, 2.75) is 19.4 Å². The number of aliphatic carboxylic acids is 1. The molecular weight excluding hydrogens is 316 g/mol. The van der Waals surface area contributed by atoms with Crippen molar-refractivity contribution in [1.82, 2.24) is 0 Å². The van der Waals surface area contributed by atoms with Crippen LogP contribution in [0.2, 0.25) is 0 Å². The summed E-state index contributed by atoms with van der Waals surface area (Å²) in [5.74, 6) is -1.34. The lowest BCUT2D eigenvalue weighted by Crippen LogP contribution is -2.33. The van der Waals surface area contributed by atoms with Crippen molar-refractivity contribution in [3.63, 3.8) is 0 Å². The Labute approximate surface area is 118 Å². The van der Waals surface area contributed by atoms with Gasteiger partial charge in [0.15, 0.2) is 0 Å². The van der Waals surface area contributed by atoms with Gasteiger partial charge in [-0.25, -0.2) is 0 Å². The average molecular weight is 329 g/mol. The molecule has 1 aliphatic heterocycles. The Kier molecular flexibility index (Phi) is 3.75. The molecule has 1 heterocycles. The summed E-state index contributed by atoms with van der Waals surface area (Å²) < 4.78 is 0.735. The van der Waals surface area contributed by atoms with E-state index < -0.39 is 16.8 Å². The lowest BCUT2D eigenvalue weighted by atomic mass is 10.0. The van der Waals surface area contributed by atoms with E-state index in [1.165, 1.54) is 6.07 Å². The van der Waals surface area contributed by atoms with Crippen LogP contribution in [0.5, 0.6) is 0 Å². The molecule has 19 heavy (non-hydrogen) atoms. The van der Waals surface area contributed by atoms with E-state index >= 15 is 0 Å². The van der Waals surface area contributed by atoms with E-state index in [0.29, 0.717) is 18.7 Å². The minimum absolute atomic E-state index is 0.00101. The standard InChI is InChI=1S/C12H13BrN2O4/c1-7-9(12(16)17)4-5-14(7)11-6-8(13)2-3-10(11)15(18)19/h2-3,6-7,9H,4-5H2,1H3,(H,16,17). The van der Waals surface area contributed by atoms with Gasteiger partial charge in [0.05, 0.1) is 10.8 Å². The number of carbonyl (C=O) groups is 1. The zero-order valence-corrected chi connectivity index (χ0v) is 11.8. The first-order chi connectivity index (χ1) is 8.91. The highest BCUT2D eigenvalue weighted by molar-refractivity contribution is 9.10. The van der Waals surface area contributed by atoms with Crippen LogP contribution in [0.1, 0.15) is 13.3 Å². The predicted octanol–water partition coefficient (Wildman–Crippen LogP) is 2.66. The number of carboxylic acid groups (broad SMARTS) is 1. The van der Waals surface area contributed by atoms with E-state index in [4.69, 9.17) is 5.11 Å².